The maximum Gasteiger partial charge on any atom is 0.338 e. The van der Waals surface area contributed by atoms with E-state index in [1.54, 1.807) is 35.3 Å². The summed E-state index contributed by atoms with van der Waals surface area (Å²) in [5.74, 6) is -0.891. The number of pyridine rings is 1. The number of carbonyl (C=O) groups excluding carboxylic acids is 1. The van der Waals surface area contributed by atoms with Gasteiger partial charge >= 0.3 is 5.97 Å². The van der Waals surface area contributed by atoms with E-state index in [2.05, 4.69) is 15.3 Å². The Hall–Kier alpha value is -4.79. The normalized spacial score (nSPS) is 10.9. The van der Waals surface area contributed by atoms with Crippen molar-refractivity contribution < 1.29 is 18.7 Å². The molecule has 8 nitrogen and oxygen atoms in total. The van der Waals surface area contributed by atoms with Gasteiger partial charge in [0.1, 0.15) is 0 Å². The average molecular weight is 487 g/mol. The van der Waals surface area contributed by atoms with Crippen molar-refractivity contribution >= 4 is 29.8 Å². The van der Waals surface area contributed by atoms with Crippen LogP contribution >= 0.6 is 0 Å². The van der Waals surface area contributed by atoms with Crippen LogP contribution < -0.4 is 15.6 Å². The van der Waals surface area contributed by atoms with Crippen LogP contribution in [0.3, 0.4) is 0 Å². The summed E-state index contributed by atoms with van der Waals surface area (Å²) in [5, 5.41) is 3.10. The molecule has 0 amide bonds. The molecule has 0 aliphatic rings. The number of esters is 1. The van der Waals surface area contributed by atoms with Crippen LogP contribution in [0, 0.1) is 12.7 Å². The van der Waals surface area contributed by atoms with Gasteiger partial charge in [-0.2, -0.15) is 0 Å². The molecule has 2 heterocycles. The first-order chi connectivity index (χ1) is 17.4. The lowest BCUT2D eigenvalue weighted by Gasteiger charge is -2.09. The largest absolute Gasteiger partial charge is 0.494 e. The average Bonchev–Trinajstić information content (AvgIpc) is 2.90. The van der Waals surface area contributed by atoms with Gasteiger partial charge in [-0.15, -0.1) is 0 Å². The Labute approximate surface area is 206 Å². The first kappa shape index (κ1) is 24.3. The SMILES string of the molecule is COC(=O)c1cc(C=Cc2cnc(Nc3ccc(-n4cc(C)ccc4=O)cc3)nc2)c(F)c(OC)c1. The van der Waals surface area contributed by atoms with E-state index in [0.717, 1.165) is 16.9 Å². The Morgan fingerprint density at radius 2 is 1.75 bits per heavy atom. The number of halogens is 1. The minimum atomic E-state index is -0.600. The number of benzene rings is 2. The highest BCUT2D eigenvalue weighted by molar-refractivity contribution is 5.91. The molecule has 2 aromatic heterocycles. The molecule has 2 aromatic carbocycles. The second-order valence-electron chi connectivity index (χ2n) is 7.83. The Bertz CT molecular complexity index is 1480. The summed E-state index contributed by atoms with van der Waals surface area (Å²) in [4.78, 5) is 32.5. The number of anilines is 2. The van der Waals surface area contributed by atoms with Crippen molar-refractivity contribution in [2.45, 2.75) is 6.92 Å². The fourth-order valence-electron chi connectivity index (χ4n) is 3.43. The van der Waals surface area contributed by atoms with Crippen LogP contribution in [0.2, 0.25) is 0 Å². The number of aryl methyl sites for hydroxylation is 1. The fourth-order valence-corrected chi connectivity index (χ4v) is 3.43. The predicted octanol–water partition coefficient (Wildman–Crippen LogP) is 4.78. The monoisotopic (exact) mass is 486 g/mol. The Balaban J connectivity index is 1.48. The molecule has 36 heavy (non-hydrogen) atoms. The number of rotatable bonds is 7. The number of nitrogens with one attached hydrogen (secondary N) is 1. The predicted molar refractivity (Wildman–Crippen MR) is 135 cm³/mol. The van der Waals surface area contributed by atoms with Crippen LogP contribution in [-0.2, 0) is 4.74 Å². The number of carbonyl (C=O) groups is 1. The fraction of sp³-hybridized carbons (Fsp3) is 0.111. The van der Waals surface area contributed by atoms with E-state index in [-0.39, 0.29) is 22.4 Å². The zero-order valence-electron chi connectivity index (χ0n) is 19.9. The second kappa shape index (κ2) is 10.6. The van der Waals surface area contributed by atoms with E-state index in [1.807, 2.05) is 31.2 Å². The van der Waals surface area contributed by atoms with Crippen LogP contribution in [0.25, 0.3) is 17.8 Å². The summed E-state index contributed by atoms with van der Waals surface area (Å²) in [6, 6.07) is 13.3. The van der Waals surface area contributed by atoms with E-state index in [0.29, 0.717) is 11.5 Å². The number of hydrogen-bond donors (Lipinski definition) is 1. The number of hydrogen-bond acceptors (Lipinski definition) is 7. The molecule has 0 aliphatic heterocycles. The molecule has 4 rings (SSSR count). The highest BCUT2D eigenvalue weighted by Gasteiger charge is 2.14. The van der Waals surface area contributed by atoms with Crippen molar-refractivity contribution in [1.82, 2.24) is 14.5 Å². The van der Waals surface area contributed by atoms with Gasteiger partial charge in [0.2, 0.25) is 5.95 Å². The lowest BCUT2D eigenvalue weighted by Crippen LogP contribution is -2.16. The van der Waals surface area contributed by atoms with Gasteiger partial charge in [0, 0.05) is 47.2 Å². The van der Waals surface area contributed by atoms with E-state index < -0.39 is 11.8 Å². The Kier molecular flexibility index (Phi) is 7.20. The lowest BCUT2D eigenvalue weighted by molar-refractivity contribution is 0.0600. The number of nitrogens with zero attached hydrogens (tertiary/aromatic N) is 3. The third kappa shape index (κ3) is 5.47. The van der Waals surface area contributed by atoms with Crippen LogP contribution in [0.1, 0.15) is 27.0 Å². The van der Waals surface area contributed by atoms with Gasteiger partial charge in [0.25, 0.3) is 5.56 Å². The Morgan fingerprint density at radius 3 is 2.42 bits per heavy atom. The third-order valence-electron chi connectivity index (χ3n) is 5.30. The van der Waals surface area contributed by atoms with Gasteiger partial charge in [0.15, 0.2) is 11.6 Å². The van der Waals surface area contributed by atoms with Gasteiger partial charge in [-0.1, -0.05) is 18.2 Å². The molecule has 0 saturated heterocycles. The Morgan fingerprint density at radius 1 is 1.03 bits per heavy atom. The molecule has 1 N–H and O–H groups in total. The standard InChI is InChI=1S/C27H23FN4O4/c1-17-4-11-24(33)32(16-17)22-9-7-21(8-10-22)31-27-29-14-18(15-30-27)5-6-19-12-20(26(34)36-3)13-23(35-2)25(19)28/h4-16H,1-3H3,(H,29,30,31). The molecular weight excluding hydrogens is 463 g/mol. The van der Waals surface area contributed by atoms with Crippen molar-refractivity contribution in [3.63, 3.8) is 0 Å². The van der Waals surface area contributed by atoms with Crippen LogP contribution in [0.5, 0.6) is 5.75 Å². The van der Waals surface area contributed by atoms with Crippen LogP contribution in [0.15, 0.2) is 71.9 Å². The third-order valence-corrected chi connectivity index (χ3v) is 5.30. The first-order valence-electron chi connectivity index (χ1n) is 10.9. The van der Waals surface area contributed by atoms with Crippen molar-refractivity contribution in [3.8, 4) is 11.4 Å². The topological polar surface area (TPSA) is 95.3 Å². The summed E-state index contributed by atoms with van der Waals surface area (Å²) in [7, 11) is 2.57. The van der Waals surface area contributed by atoms with Crippen LogP contribution in [0.4, 0.5) is 16.0 Å². The van der Waals surface area contributed by atoms with Crippen molar-refractivity contribution in [3.05, 3.63) is 106 Å². The zero-order valence-corrected chi connectivity index (χ0v) is 19.9. The highest BCUT2D eigenvalue weighted by Crippen LogP contribution is 2.25. The zero-order chi connectivity index (χ0) is 25.7. The summed E-state index contributed by atoms with van der Waals surface area (Å²) in [6.07, 6.45) is 8.06. The smallest absolute Gasteiger partial charge is 0.338 e. The van der Waals surface area contributed by atoms with E-state index >= 15 is 0 Å². The summed E-state index contributed by atoms with van der Waals surface area (Å²) >= 11 is 0. The molecule has 9 heteroatoms. The van der Waals surface area contributed by atoms with E-state index in [9.17, 15) is 14.0 Å². The molecule has 0 radical (unpaired) electrons. The van der Waals surface area contributed by atoms with Gasteiger partial charge < -0.3 is 14.8 Å². The molecular formula is C27H23FN4O4. The minimum absolute atomic E-state index is 0.0633. The van der Waals surface area contributed by atoms with Crippen molar-refractivity contribution in [1.29, 1.82) is 0 Å². The van der Waals surface area contributed by atoms with Gasteiger partial charge in [0.05, 0.1) is 19.8 Å². The lowest BCUT2D eigenvalue weighted by atomic mass is 10.1. The van der Waals surface area contributed by atoms with E-state index in [1.165, 1.54) is 38.5 Å². The molecule has 0 atom stereocenters. The minimum Gasteiger partial charge on any atom is -0.494 e. The number of methoxy groups -OCH3 is 2. The molecule has 4 aromatic rings. The molecule has 0 unspecified atom stereocenters. The van der Waals surface area contributed by atoms with Gasteiger partial charge in [-0.25, -0.2) is 19.2 Å². The van der Waals surface area contributed by atoms with Crippen LogP contribution in [-0.4, -0.2) is 34.7 Å². The first-order valence-corrected chi connectivity index (χ1v) is 10.9. The number of ether oxygens (including phenoxy) is 2. The van der Waals surface area contributed by atoms with E-state index in [4.69, 9.17) is 9.47 Å². The molecule has 0 aliphatic carbocycles. The van der Waals surface area contributed by atoms with Gasteiger partial charge in [-0.3, -0.25) is 9.36 Å². The number of aromatic nitrogens is 3. The van der Waals surface area contributed by atoms with Crippen molar-refractivity contribution in [2.75, 3.05) is 19.5 Å². The summed E-state index contributed by atoms with van der Waals surface area (Å²) in [6.45, 7) is 1.93. The molecule has 182 valence electrons. The molecule has 0 saturated carbocycles. The maximum atomic E-state index is 14.6. The maximum absolute atomic E-state index is 14.6. The molecule has 0 fully saturated rings. The summed E-state index contributed by atoms with van der Waals surface area (Å²) in [5.41, 5.74) is 3.32. The van der Waals surface area contributed by atoms with Crippen molar-refractivity contribution in [2.24, 2.45) is 0 Å². The van der Waals surface area contributed by atoms with Gasteiger partial charge in [-0.05, 0) is 48.9 Å². The summed E-state index contributed by atoms with van der Waals surface area (Å²) < 4.78 is 25.9. The quantitative estimate of drug-likeness (QED) is 0.376. The molecule has 0 spiro atoms. The molecule has 0 bridgehead atoms. The highest BCUT2D eigenvalue weighted by atomic mass is 19.1. The second-order valence-corrected chi connectivity index (χ2v) is 7.83.